The smallest absolute Gasteiger partial charge is 0.316 e. The van der Waals surface area contributed by atoms with Crippen molar-refractivity contribution in [1.82, 2.24) is 5.32 Å². The number of hydrogen-bond acceptors (Lipinski definition) is 9. The highest BCUT2D eigenvalue weighted by atomic mass is 16.6. The van der Waals surface area contributed by atoms with Crippen LogP contribution in [0.3, 0.4) is 0 Å². The second kappa shape index (κ2) is 12.3. The van der Waals surface area contributed by atoms with Gasteiger partial charge in [0.2, 0.25) is 0 Å². The van der Waals surface area contributed by atoms with Crippen molar-refractivity contribution in [2.75, 3.05) is 20.2 Å². The van der Waals surface area contributed by atoms with Gasteiger partial charge < -0.3 is 29.8 Å². The lowest BCUT2D eigenvalue weighted by Crippen LogP contribution is -2.56. The first kappa shape index (κ1) is 30.7. The second-order valence-electron chi connectivity index (χ2n) is 11.4. The number of esters is 1. The molecule has 0 radical (unpaired) electrons. The van der Waals surface area contributed by atoms with E-state index in [0.29, 0.717) is 18.7 Å². The molecule has 10 atom stereocenters. The molecule has 2 aliphatic heterocycles. The summed E-state index contributed by atoms with van der Waals surface area (Å²) in [4.78, 5) is 32.1. The van der Waals surface area contributed by atoms with Gasteiger partial charge in [0.05, 0.1) is 17.4 Å². The van der Waals surface area contributed by atoms with E-state index in [1.807, 2.05) is 27.7 Å². The summed E-state index contributed by atoms with van der Waals surface area (Å²) in [6.07, 6.45) is -0.779. The maximum Gasteiger partial charge on any atom is 0.316 e. The van der Waals surface area contributed by atoms with Crippen LogP contribution >= 0.6 is 0 Å². The minimum atomic E-state index is -1.78. The minimum Gasteiger partial charge on any atom is -0.459 e. The normalized spacial score (nSPS) is 44.8. The molecule has 0 spiro atoms. The Morgan fingerprint density at radius 1 is 1.14 bits per heavy atom. The predicted octanol–water partition coefficient (Wildman–Crippen LogP) is 2.71. The average Bonchev–Trinajstić information content (AvgIpc) is 3.37. The topological polar surface area (TPSA) is 127 Å². The van der Waals surface area contributed by atoms with E-state index in [0.717, 1.165) is 13.0 Å². The number of ketones is 1. The van der Waals surface area contributed by atoms with Gasteiger partial charge in [0.15, 0.2) is 0 Å². The molecule has 1 unspecified atom stereocenters. The Kier molecular flexibility index (Phi) is 10.5. The van der Waals surface area contributed by atoms with Crippen molar-refractivity contribution in [3.8, 4) is 0 Å². The van der Waals surface area contributed by atoms with Gasteiger partial charge in [-0.2, -0.15) is 0 Å². The largest absolute Gasteiger partial charge is 0.459 e. The Balaban J connectivity index is 2.57. The molecule has 2 saturated heterocycles. The van der Waals surface area contributed by atoms with E-state index in [9.17, 15) is 19.8 Å². The van der Waals surface area contributed by atoms with E-state index in [4.69, 9.17) is 14.3 Å². The van der Waals surface area contributed by atoms with E-state index in [-0.39, 0.29) is 30.1 Å². The number of carbonyl (C=O) groups excluding carboxylic acids is 2. The van der Waals surface area contributed by atoms with Crippen LogP contribution in [-0.2, 0) is 23.9 Å². The Morgan fingerprint density at radius 3 is 2.31 bits per heavy atom. The third-order valence-electron chi connectivity index (χ3n) is 8.77. The second-order valence-corrected chi connectivity index (χ2v) is 11.4. The predicted molar refractivity (Wildman–Crippen MR) is 137 cm³/mol. The molecule has 0 bridgehead atoms. The van der Waals surface area contributed by atoms with Crippen molar-refractivity contribution in [3.63, 3.8) is 0 Å². The van der Waals surface area contributed by atoms with Gasteiger partial charge in [-0.05, 0) is 46.1 Å². The SMILES string of the molecule is CC[C@H]1OC(=O)[C@H](C)C(=O)[C@H](C)[C@@H](C)[C@](C)(OC)C[C@@H](C)/C(=N\OC2CCNC2)[C@H](C)[C@H](O)[C@]1(C)O. The molecule has 0 amide bonds. The van der Waals surface area contributed by atoms with Crippen LogP contribution in [0.4, 0.5) is 0 Å². The summed E-state index contributed by atoms with van der Waals surface area (Å²) < 4.78 is 11.6. The van der Waals surface area contributed by atoms with Crippen molar-refractivity contribution in [1.29, 1.82) is 0 Å². The third kappa shape index (κ3) is 6.47. The van der Waals surface area contributed by atoms with E-state index >= 15 is 0 Å². The number of rotatable bonds is 4. The Morgan fingerprint density at radius 2 is 1.78 bits per heavy atom. The maximum atomic E-state index is 13.3. The van der Waals surface area contributed by atoms with Crippen LogP contribution in [0.15, 0.2) is 5.16 Å². The van der Waals surface area contributed by atoms with Gasteiger partial charge in [0, 0.05) is 37.8 Å². The van der Waals surface area contributed by atoms with Crippen LogP contribution < -0.4 is 5.32 Å². The van der Waals surface area contributed by atoms with Gasteiger partial charge in [0.1, 0.15) is 29.5 Å². The van der Waals surface area contributed by atoms with Crippen LogP contribution in [0, 0.1) is 29.6 Å². The van der Waals surface area contributed by atoms with Crippen LogP contribution in [0.2, 0.25) is 0 Å². The van der Waals surface area contributed by atoms with Crippen molar-refractivity contribution < 1.29 is 34.1 Å². The molecule has 0 aromatic heterocycles. The number of methoxy groups -OCH3 is 1. The first-order chi connectivity index (χ1) is 16.7. The molecule has 0 aliphatic carbocycles. The standard InChI is InChI=1S/C27H48N2O7/c1-10-21-27(8,33)24(31)17(4)22(29-36-20-11-12-28-14-20)15(2)13-26(7,34-9)19(6)16(3)23(30)18(5)25(32)35-21/h15-21,24,28,31,33H,10-14H2,1-9H3/b29-22+/t15-,16-,17+,18-,19-,20?,21-,24+,26-,27-/m1/s1. The molecule has 0 aromatic carbocycles. The highest BCUT2D eigenvalue weighted by Crippen LogP contribution is 2.38. The summed E-state index contributed by atoms with van der Waals surface area (Å²) >= 11 is 0. The number of aliphatic hydroxyl groups is 2. The highest BCUT2D eigenvalue weighted by Gasteiger charge is 2.48. The number of aliphatic hydroxyl groups excluding tert-OH is 1. The fourth-order valence-corrected chi connectivity index (χ4v) is 5.65. The lowest BCUT2D eigenvalue weighted by Gasteiger charge is -2.43. The summed E-state index contributed by atoms with van der Waals surface area (Å²) in [5.74, 6) is -3.45. The summed E-state index contributed by atoms with van der Waals surface area (Å²) in [5.41, 5.74) is -1.91. The monoisotopic (exact) mass is 512 g/mol. The van der Waals surface area contributed by atoms with Crippen molar-refractivity contribution >= 4 is 17.5 Å². The molecule has 0 saturated carbocycles. The first-order valence-electron chi connectivity index (χ1n) is 13.3. The number of oxime groups is 1. The summed E-state index contributed by atoms with van der Waals surface area (Å²) in [7, 11) is 1.62. The summed E-state index contributed by atoms with van der Waals surface area (Å²) in [6.45, 7) is 15.8. The van der Waals surface area contributed by atoms with Gasteiger partial charge in [-0.25, -0.2) is 0 Å². The molecule has 9 heteroatoms. The highest BCUT2D eigenvalue weighted by molar-refractivity contribution is 5.99. The zero-order chi connectivity index (χ0) is 27.4. The van der Waals surface area contributed by atoms with Crippen LogP contribution in [0.25, 0.3) is 0 Å². The lowest BCUT2D eigenvalue weighted by molar-refractivity contribution is -0.187. The van der Waals surface area contributed by atoms with Crippen molar-refractivity contribution in [2.24, 2.45) is 34.7 Å². The Bertz CT molecular complexity index is 795. The number of nitrogens with one attached hydrogen (secondary N) is 1. The number of nitrogens with zero attached hydrogens (tertiary/aromatic N) is 1. The quantitative estimate of drug-likeness (QED) is 0.298. The van der Waals surface area contributed by atoms with E-state index in [1.165, 1.54) is 13.8 Å². The molecular formula is C27H48N2O7. The fraction of sp³-hybridized carbons (Fsp3) is 0.889. The molecule has 3 N–H and O–H groups in total. The zero-order valence-corrected chi connectivity index (χ0v) is 23.5. The number of ether oxygens (including phenoxy) is 2. The molecule has 36 heavy (non-hydrogen) atoms. The zero-order valence-electron chi connectivity index (χ0n) is 23.5. The van der Waals surface area contributed by atoms with Gasteiger partial charge in [0.25, 0.3) is 0 Å². The maximum absolute atomic E-state index is 13.3. The first-order valence-corrected chi connectivity index (χ1v) is 13.3. The van der Waals surface area contributed by atoms with Gasteiger partial charge in [-0.3, -0.25) is 9.59 Å². The molecule has 9 nitrogen and oxygen atoms in total. The van der Waals surface area contributed by atoms with Gasteiger partial charge in [-0.15, -0.1) is 0 Å². The number of carbonyl (C=O) groups is 2. The van der Waals surface area contributed by atoms with Gasteiger partial charge in [-0.1, -0.05) is 39.8 Å². The third-order valence-corrected chi connectivity index (χ3v) is 8.77. The van der Waals surface area contributed by atoms with Crippen molar-refractivity contribution in [2.45, 2.75) is 104 Å². The lowest BCUT2D eigenvalue weighted by atomic mass is 9.71. The van der Waals surface area contributed by atoms with Crippen LogP contribution in [0.5, 0.6) is 0 Å². The molecule has 208 valence electrons. The van der Waals surface area contributed by atoms with E-state index in [1.54, 1.807) is 21.0 Å². The van der Waals surface area contributed by atoms with Crippen LogP contribution in [-0.4, -0.2) is 77.4 Å². The molecule has 2 rings (SSSR count). The summed E-state index contributed by atoms with van der Waals surface area (Å²) in [5, 5.41) is 30.6. The van der Waals surface area contributed by atoms with Gasteiger partial charge >= 0.3 is 5.97 Å². The molecule has 2 heterocycles. The number of hydrogen-bond donors (Lipinski definition) is 3. The van der Waals surface area contributed by atoms with E-state index in [2.05, 4.69) is 10.5 Å². The number of Topliss-reactive ketones (excluding diaryl/α,β-unsaturated/α-hetero) is 1. The minimum absolute atomic E-state index is 0.0705. The Labute approximate surface area is 216 Å². The fourth-order valence-electron chi connectivity index (χ4n) is 5.65. The molecule has 2 fully saturated rings. The van der Waals surface area contributed by atoms with Crippen LogP contribution in [0.1, 0.15) is 74.7 Å². The molecular weight excluding hydrogens is 464 g/mol. The molecule has 2 aliphatic rings. The van der Waals surface area contributed by atoms with Crippen molar-refractivity contribution in [3.05, 3.63) is 0 Å². The van der Waals surface area contributed by atoms with E-state index < -0.39 is 47.1 Å². The molecule has 0 aromatic rings. The summed E-state index contributed by atoms with van der Waals surface area (Å²) in [6, 6.07) is 0. The number of cyclic esters (lactones) is 1. The Hall–Kier alpha value is -1.55. The average molecular weight is 513 g/mol.